The Morgan fingerprint density at radius 3 is 2.10 bits per heavy atom. The van der Waals surface area contributed by atoms with E-state index in [0.29, 0.717) is 0 Å². The summed E-state index contributed by atoms with van der Waals surface area (Å²) in [6.45, 7) is 0. The van der Waals surface area contributed by atoms with Crippen molar-refractivity contribution < 1.29 is 8.78 Å². The van der Waals surface area contributed by atoms with Crippen LogP contribution in [0.25, 0.3) is 0 Å². The van der Waals surface area contributed by atoms with Gasteiger partial charge in [0.05, 0.1) is 0 Å². The van der Waals surface area contributed by atoms with Crippen LogP contribution in [0.2, 0.25) is 0 Å². The third-order valence-corrected chi connectivity index (χ3v) is 1.01. The van der Waals surface area contributed by atoms with Gasteiger partial charge in [0, 0.05) is 0 Å². The van der Waals surface area contributed by atoms with Gasteiger partial charge in [-0.25, -0.2) is 8.78 Å². The van der Waals surface area contributed by atoms with Crippen molar-refractivity contribution in [3.8, 4) is 6.07 Å². The molecular formula is C7H2F2N. The van der Waals surface area contributed by atoms with Crippen molar-refractivity contribution in [1.29, 1.82) is 5.26 Å². The molecule has 0 heterocycles. The Morgan fingerprint density at radius 2 is 1.80 bits per heavy atom. The van der Waals surface area contributed by atoms with Crippen LogP contribution in [0.15, 0.2) is 12.1 Å². The molecule has 0 amide bonds. The monoisotopic (exact) mass is 138 g/mol. The second-order valence-corrected chi connectivity index (χ2v) is 1.64. The lowest BCUT2D eigenvalue weighted by Gasteiger charge is -1.91. The Morgan fingerprint density at radius 1 is 1.30 bits per heavy atom. The molecule has 0 atom stereocenters. The SMILES string of the molecule is N#Cc1c(F)c[c]cc1F. The third kappa shape index (κ3) is 0.960. The number of nitrogens with zero attached hydrogens (tertiary/aromatic N) is 1. The topological polar surface area (TPSA) is 23.8 Å². The minimum atomic E-state index is -0.873. The van der Waals surface area contributed by atoms with E-state index in [1.807, 2.05) is 0 Å². The average Bonchev–Trinajstić information content (AvgIpc) is 1.88. The van der Waals surface area contributed by atoms with Crippen molar-refractivity contribution in [2.45, 2.75) is 0 Å². The van der Waals surface area contributed by atoms with Gasteiger partial charge in [0.2, 0.25) is 0 Å². The van der Waals surface area contributed by atoms with Gasteiger partial charge in [0.15, 0.2) is 0 Å². The average molecular weight is 138 g/mol. The Balaban J connectivity index is 3.34. The molecule has 0 unspecified atom stereocenters. The lowest BCUT2D eigenvalue weighted by Crippen LogP contribution is -1.87. The molecule has 1 radical (unpaired) electrons. The van der Waals surface area contributed by atoms with Crippen molar-refractivity contribution in [2.24, 2.45) is 0 Å². The van der Waals surface area contributed by atoms with Gasteiger partial charge in [-0.15, -0.1) is 0 Å². The summed E-state index contributed by atoms with van der Waals surface area (Å²) >= 11 is 0. The van der Waals surface area contributed by atoms with E-state index in [4.69, 9.17) is 5.26 Å². The van der Waals surface area contributed by atoms with Gasteiger partial charge >= 0.3 is 0 Å². The highest BCUT2D eigenvalue weighted by Crippen LogP contribution is 2.08. The molecule has 1 aromatic carbocycles. The highest BCUT2D eigenvalue weighted by Gasteiger charge is 2.05. The predicted molar refractivity (Wildman–Crippen MR) is 29.9 cm³/mol. The highest BCUT2D eigenvalue weighted by atomic mass is 19.1. The van der Waals surface area contributed by atoms with Crippen LogP contribution in [0, 0.1) is 29.0 Å². The van der Waals surface area contributed by atoms with E-state index < -0.39 is 17.2 Å². The maximum absolute atomic E-state index is 12.4. The van der Waals surface area contributed by atoms with Gasteiger partial charge in [0.25, 0.3) is 0 Å². The molecule has 0 fully saturated rings. The van der Waals surface area contributed by atoms with E-state index in [9.17, 15) is 8.78 Å². The van der Waals surface area contributed by atoms with Gasteiger partial charge < -0.3 is 0 Å². The molecule has 0 aliphatic heterocycles. The highest BCUT2D eigenvalue weighted by molar-refractivity contribution is 5.30. The summed E-state index contributed by atoms with van der Waals surface area (Å²) in [6, 6.07) is 5.43. The van der Waals surface area contributed by atoms with Crippen LogP contribution in [0.5, 0.6) is 0 Å². The number of hydrogen-bond acceptors (Lipinski definition) is 1. The number of rotatable bonds is 0. The minimum Gasteiger partial charge on any atom is -0.205 e. The van der Waals surface area contributed by atoms with Crippen molar-refractivity contribution in [1.82, 2.24) is 0 Å². The fourth-order valence-corrected chi connectivity index (χ4v) is 0.553. The molecule has 1 rings (SSSR count). The summed E-state index contributed by atoms with van der Waals surface area (Å²) < 4.78 is 24.7. The summed E-state index contributed by atoms with van der Waals surface area (Å²) in [6.07, 6.45) is 0. The number of nitriles is 1. The molecule has 49 valence electrons. The summed E-state index contributed by atoms with van der Waals surface area (Å²) in [5.41, 5.74) is -0.557. The summed E-state index contributed by atoms with van der Waals surface area (Å²) in [7, 11) is 0. The first kappa shape index (κ1) is 6.69. The molecule has 3 heteroatoms. The van der Waals surface area contributed by atoms with Crippen molar-refractivity contribution in [3.05, 3.63) is 35.4 Å². The Labute approximate surface area is 56.5 Å². The molecule has 0 N–H and O–H groups in total. The van der Waals surface area contributed by atoms with Gasteiger partial charge in [-0.1, -0.05) is 0 Å². The lowest BCUT2D eigenvalue weighted by molar-refractivity contribution is 0.576. The third-order valence-electron chi connectivity index (χ3n) is 1.01. The largest absolute Gasteiger partial charge is 0.205 e. The Hall–Kier alpha value is -1.43. The lowest BCUT2D eigenvalue weighted by atomic mass is 10.2. The number of halogens is 2. The molecule has 0 bridgehead atoms. The predicted octanol–water partition coefficient (Wildman–Crippen LogP) is 1.64. The maximum atomic E-state index is 12.4. The molecule has 0 aliphatic carbocycles. The summed E-state index contributed by atoms with van der Waals surface area (Å²) in [5.74, 6) is -1.75. The minimum absolute atomic E-state index is 0.557. The normalized spacial score (nSPS) is 8.90. The summed E-state index contributed by atoms with van der Waals surface area (Å²) in [4.78, 5) is 0. The molecule has 1 aromatic rings. The maximum Gasteiger partial charge on any atom is 0.144 e. The zero-order valence-electron chi connectivity index (χ0n) is 4.86. The first-order chi connectivity index (χ1) is 4.75. The number of hydrogen-bond donors (Lipinski definition) is 0. The molecule has 10 heavy (non-hydrogen) atoms. The number of benzene rings is 1. The van der Waals surface area contributed by atoms with Crippen LogP contribution in [0.1, 0.15) is 5.56 Å². The van der Waals surface area contributed by atoms with Crippen LogP contribution >= 0.6 is 0 Å². The molecule has 0 aromatic heterocycles. The van der Waals surface area contributed by atoms with Gasteiger partial charge in [-0.05, 0) is 18.2 Å². The van der Waals surface area contributed by atoms with Gasteiger partial charge in [-0.3, -0.25) is 0 Å². The van der Waals surface area contributed by atoms with E-state index in [0.717, 1.165) is 12.1 Å². The van der Waals surface area contributed by atoms with Crippen LogP contribution in [-0.4, -0.2) is 0 Å². The fraction of sp³-hybridized carbons (Fsp3) is 0. The van der Waals surface area contributed by atoms with Crippen molar-refractivity contribution >= 4 is 0 Å². The van der Waals surface area contributed by atoms with E-state index in [-0.39, 0.29) is 0 Å². The fourth-order valence-electron chi connectivity index (χ4n) is 0.553. The first-order valence-corrected chi connectivity index (χ1v) is 2.51. The van der Waals surface area contributed by atoms with Crippen molar-refractivity contribution in [2.75, 3.05) is 0 Å². The standard InChI is InChI=1S/C7H2F2N/c8-6-2-1-3-7(9)5(6)4-10/h2-3H. The van der Waals surface area contributed by atoms with E-state index >= 15 is 0 Å². The second-order valence-electron chi connectivity index (χ2n) is 1.64. The molecule has 0 saturated carbocycles. The molecule has 1 nitrogen and oxygen atoms in total. The van der Waals surface area contributed by atoms with E-state index in [1.165, 1.54) is 6.07 Å². The first-order valence-electron chi connectivity index (χ1n) is 2.51. The second kappa shape index (κ2) is 2.44. The van der Waals surface area contributed by atoms with Crippen LogP contribution in [-0.2, 0) is 0 Å². The molecule has 0 saturated heterocycles. The van der Waals surface area contributed by atoms with Crippen LogP contribution in [0.4, 0.5) is 8.78 Å². The Kier molecular flexibility index (Phi) is 1.63. The summed E-state index contributed by atoms with van der Waals surface area (Å²) in [5, 5.41) is 8.16. The Bertz CT molecular complexity index is 268. The zero-order chi connectivity index (χ0) is 7.56. The van der Waals surface area contributed by atoms with Gasteiger partial charge in [0.1, 0.15) is 23.3 Å². The van der Waals surface area contributed by atoms with Crippen LogP contribution < -0.4 is 0 Å². The smallest absolute Gasteiger partial charge is 0.144 e. The van der Waals surface area contributed by atoms with Gasteiger partial charge in [-0.2, -0.15) is 5.26 Å². The zero-order valence-corrected chi connectivity index (χ0v) is 4.86. The molecular weight excluding hydrogens is 136 g/mol. The van der Waals surface area contributed by atoms with Crippen LogP contribution in [0.3, 0.4) is 0 Å². The van der Waals surface area contributed by atoms with E-state index in [1.54, 1.807) is 0 Å². The molecule has 0 spiro atoms. The quantitative estimate of drug-likeness (QED) is 0.534. The molecule has 0 aliphatic rings. The van der Waals surface area contributed by atoms with Crippen molar-refractivity contribution in [3.63, 3.8) is 0 Å². The van der Waals surface area contributed by atoms with E-state index in [2.05, 4.69) is 6.07 Å².